The number of hydrogen-bond donors (Lipinski definition) is 1. The number of carbonyl (C=O) groups excluding carboxylic acids is 1. The highest BCUT2D eigenvalue weighted by Crippen LogP contribution is 2.24. The lowest BCUT2D eigenvalue weighted by Crippen LogP contribution is -2.50. The molecule has 0 rings (SSSR count). The Labute approximate surface area is 101 Å². The Bertz CT molecular complexity index is 225. The predicted molar refractivity (Wildman–Crippen MR) is 70.4 cm³/mol. The largest absolute Gasteiger partial charge is 0.377 e. The van der Waals surface area contributed by atoms with Crippen LogP contribution in [0.5, 0.6) is 0 Å². The number of carbonyl (C=O) groups is 1. The Morgan fingerprint density at radius 3 is 1.81 bits per heavy atom. The molecule has 0 spiro atoms. The summed E-state index contributed by atoms with van der Waals surface area (Å²) in [6, 6.07) is 0. The van der Waals surface area contributed by atoms with Gasteiger partial charge in [0.2, 0.25) is 0 Å². The highest BCUT2D eigenvalue weighted by Gasteiger charge is 2.33. The summed E-state index contributed by atoms with van der Waals surface area (Å²) in [6.07, 6.45) is 6.27. The van der Waals surface area contributed by atoms with E-state index in [4.69, 9.17) is 0 Å². The van der Waals surface area contributed by atoms with E-state index in [-0.39, 0.29) is 11.3 Å². The average Bonchev–Trinajstić information content (AvgIpc) is 2.21. The molecule has 0 aliphatic heterocycles. The molecule has 0 unspecified atom stereocenters. The van der Waals surface area contributed by atoms with E-state index in [0.29, 0.717) is 0 Å². The number of Topliss-reactive ketones (excluding diaryl/α,β-unsaturated/α-hetero) is 1. The zero-order valence-corrected chi connectivity index (χ0v) is 11.4. The fourth-order valence-electron chi connectivity index (χ4n) is 2.06. The molecule has 0 aliphatic rings. The van der Waals surface area contributed by atoms with Gasteiger partial charge in [-0.3, -0.25) is 4.79 Å². The number of unbranched alkanes of at least 4 members (excludes halogenated alkanes) is 2. The molecule has 0 aromatic rings. The van der Waals surface area contributed by atoms with Gasteiger partial charge < -0.3 is 5.32 Å². The van der Waals surface area contributed by atoms with Crippen molar-refractivity contribution in [1.29, 1.82) is 0 Å². The Morgan fingerprint density at radius 1 is 1.12 bits per heavy atom. The summed E-state index contributed by atoms with van der Waals surface area (Å²) in [5.41, 5.74) is 0.528. The maximum atomic E-state index is 11.9. The molecular weight excluding hydrogens is 198 g/mol. The Kier molecular flexibility index (Phi) is 7.11. The van der Waals surface area contributed by atoms with E-state index in [1.54, 1.807) is 6.92 Å². The van der Waals surface area contributed by atoms with Gasteiger partial charge in [0.25, 0.3) is 0 Å². The standard InChI is InChI=1S/C14H27NO/c1-6-8-10-14(13(5)16,11-9-7-2)15-12(3)4/h15H,3,6-11H2,1-2,4-5H3. The Hall–Kier alpha value is -0.790. The molecule has 0 saturated heterocycles. The normalized spacial score (nSPS) is 11.2. The summed E-state index contributed by atoms with van der Waals surface area (Å²) < 4.78 is 0. The van der Waals surface area contributed by atoms with Crippen LogP contribution < -0.4 is 5.32 Å². The van der Waals surface area contributed by atoms with Crippen LogP contribution in [0.15, 0.2) is 12.3 Å². The second-order valence-corrected chi connectivity index (χ2v) is 4.75. The summed E-state index contributed by atoms with van der Waals surface area (Å²) >= 11 is 0. The number of rotatable bonds is 9. The number of hydrogen-bond acceptors (Lipinski definition) is 2. The van der Waals surface area contributed by atoms with Crippen LogP contribution in [0.1, 0.15) is 66.2 Å². The summed E-state index contributed by atoms with van der Waals surface area (Å²) in [4.78, 5) is 11.9. The van der Waals surface area contributed by atoms with Crippen LogP contribution in [0, 0.1) is 0 Å². The molecule has 2 nitrogen and oxygen atoms in total. The van der Waals surface area contributed by atoms with Crippen LogP contribution in [0.4, 0.5) is 0 Å². The van der Waals surface area contributed by atoms with Crippen LogP contribution in [-0.2, 0) is 4.79 Å². The van der Waals surface area contributed by atoms with E-state index in [1.165, 1.54) is 0 Å². The van der Waals surface area contributed by atoms with E-state index in [9.17, 15) is 4.79 Å². The maximum Gasteiger partial charge on any atom is 0.155 e. The van der Waals surface area contributed by atoms with Gasteiger partial charge >= 0.3 is 0 Å². The van der Waals surface area contributed by atoms with E-state index >= 15 is 0 Å². The highest BCUT2D eigenvalue weighted by atomic mass is 16.1. The van der Waals surface area contributed by atoms with Crippen molar-refractivity contribution >= 4 is 5.78 Å². The summed E-state index contributed by atoms with van der Waals surface area (Å²) in [5, 5.41) is 3.32. The molecule has 0 bridgehead atoms. The van der Waals surface area contributed by atoms with Crippen LogP contribution in [0.2, 0.25) is 0 Å². The molecule has 94 valence electrons. The number of nitrogens with one attached hydrogen (secondary N) is 1. The maximum absolute atomic E-state index is 11.9. The van der Waals surface area contributed by atoms with Gasteiger partial charge in [0.15, 0.2) is 5.78 Å². The highest BCUT2D eigenvalue weighted by molar-refractivity contribution is 5.86. The fraction of sp³-hybridized carbons (Fsp3) is 0.786. The van der Waals surface area contributed by atoms with Crippen molar-refractivity contribution in [2.75, 3.05) is 0 Å². The molecule has 0 aliphatic carbocycles. The molecule has 16 heavy (non-hydrogen) atoms. The SMILES string of the molecule is C=C(C)NC(CCCC)(CCCC)C(C)=O. The molecule has 2 heteroatoms. The molecule has 1 N–H and O–H groups in total. The first-order valence-corrected chi connectivity index (χ1v) is 6.43. The first-order chi connectivity index (χ1) is 7.48. The van der Waals surface area contributed by atoms with Crippen LogP contribution in [0.3, 0.4) is 0 Å². The van der Waals surface area contributed by atoms with Gasteiger partial charge in [-0.25, -0.2) is 0 Å². The van der Waals surface area contributed by atoms with Gasteiger partial charge in [-0.2, -0.15) is 0 Å². The number of ketones is 1. The molecule has 0 aromatic carbocycles. The van der Waals surface area contributed by atoms with Crippen molar-refractivity contribution in [3.05, 3.63) is 12.3 Å². The third-order valence-electron chi connectivity index (χ3n) is 3.04. The topological polar surface area (TPSA) is 29.1 Å². The third-order valence-corrected chi connectivity index (χ3v) is 3.04. The Morgan fingerprint density at radius 2 is 1.56 bits per heavy atom. The van der Waals surface area contributed by atoms with Crippen molar-refractivity contribution in [3.63, 3.8) is 0 Å². The van der Waals surface area contributed by atoms with Crippen molar-refractivity contribution in [2.45, 2.75) is 71.8 Å². The molecule has 0 radical (unpaired) electrons. The molecule has 0 fully saturated rings. The van der Waals surface area contributed by atoms with Crippen LogP contribution >= 0.6 is 0 Å². The van der Waals surface area contributed by atoms with Gasteiger partial charge in [0.05, 0.1) is 5.54 Å². The first-order valence-electron chi connectivity index (χ1n) is 6.43. The molecule has 0 atom stereocenters. The molecule has 0 saturated carbocycles. The quantitative estimate of drug-likeness (QED) is 0.646. The van der Waals surface area contributed by atoms with E-state index < -0.39 is 0 Å². The third kappa shape index (κ3) is 4.82. The minimum Gasteiger partial charge on any atom is -0.377 e. The van der Waals surface area contributed by atoms with Gasteiger partial charge in [0.1, 0.15) is 0 Å². The van der Waals surface area contributed by atoms with Gasteiger partial charge in [-0.15, -0.1) is 0 Å². The zero-order chi connectivity index (χ0) is 12.6. The summed E-state index contributed by atoms with van der Waals surface area (Å²) in [7, 11) is 0. The van der Waals surface area contributed by atoms with Gasteiger partial charge in [0, 0.05) is 5.70 Å². The lowest BCUT2D eigenvalue weighted by Gasteiger charge is -2.34. The monoisotopic (exact) mass is 225 g/mol. The lowest BCUT2D eigenvalue weighted by atomic mass is 9.83. The van der Waals surface area contributed by atoms with Crippen molar-refractivity contribution < 1.29 is 4.79 Å². The molecular formula is C14H27NO. The van der Waals surface area contributed by atoms with Gasteiger partial charge in [-0.05, 0) is 26.7 Å². The smallest absolute Gasteiger partial charge is 0.155 e. The van der Waals surface area contributed by atoms with Gasteiger partial charge in [-0.1, -0.05) is 46.1 Å². The second kappa shape index (κ2) is 7.48. The fourth-order valence-corrected chi connectivity index (χ4v) is 2.06. The minimum atomic E-state index is -0.363. The van der Waals surface area contributed by atoms with Crippen molar-refractivity contribution in [2.24, 2.45) is 0 Å². The average molecular weight is 225 g/mol. The van der Waals surface area contributed by atoms with E-state index in [0.717, 1.165) is 44.2 Å². The zero-order valence-electron chi connectivity index (χ0n) is 11.4. The van der Waals surface area contributed by atoms with E-state index in [1.807, 2.05) is 6.92 Å². The van der Waals surface area contributed by atoms with Crippen molar-refractivity contribution in [3.8, 4) is 0 Å². The van der Waals surface area contributed by atoms with Crippen molar-refractivity contribution in [1.82, 2.24) is 5.32 Å². The second-order valence-electron chi connectivity index (χ2n) is 4.75. The van der Waals surface area contributed by atoms with Crippen LogP contribution in [0.25, 0.3) is 0 Å². The Balaban J connectivity index is 4.73. The van der Waals surface area contributed by atoms with E-state index in [2.05, 4.69) is 25.7 Å². The predicted octanol–water partition coefficient (Wildman–Crippen LogP) is 3.82. The molecule has 0 amide bonds. The lowest BCUT2D eigenvalue weighted by molar-refractivity contribution is -0.123. The molecule has 0 aromatic heterocycles. The number of allylic oxidation sites excluding steroid dienone is 1. The first kappa shape index (κ1) is 15.2. The molecule has 0 heterocycles. The van der Waals surface area contributed by atoms with Crippen LogP contribution in [-0.4, -0.2) is 11.3 Å². The minimum absolute atomic E-state index is 0.248. The summed E-state index contributed by atoms with van der Waals surface area (Å²) in [6.45, 7) is 11.8. The summed E-state index contributed by atoms with van der Waals surface area (Å²) in [5.74, 6) is 0.248.